The van der Waals surface area contributed by atoms with E-state index in [-0.39, 0.29) is 99.4 Å². The summed E-state index contributed by atoms with van der Waals surface area (Å²) in [6, 6.07) is 12.6. The van der Waals surface area contributed by atoms with E-state index in [1.165, 1.54) is 30.2 Å². The summed E-state index contributed by atoms with van der Waals surface area (Å²) in [4.78, 5) is 110. The number of nitrogens with two attached hydrogens (primary N) is 1. The summed E-state index contributed by atoms with van der Waals surface area (Å²) in [5.74, 6) is -7.62. The van der Waals surface area contributed by atoms with Gasteiger partial charge in [-0.15, -0.1) is 0 Å². The van der Waals surface area contributed by atoms with Gasteiger partial charge in [-0.1, -0.05) is 83.5 Å². The fraction of sp³-hybridized carbons (Fsp3) is 0.466. The van der Waals surface area contributed by atoms with Crippen molar-refractivity contribution >= 4 is 53.1 Å². The molecule has 5 rings (SSSR count). The van der Waals surface area contributed by atoms with Gasteiger partial charge < -0.3 is 46.3 Å². The molecule has 0 unspecified atom stereocenters. The van der Waals surface area contributed by atoms with Crippen LogP contribution in [0.4, 0.5) is 32.8 Å². The number of aliphatic hydroxyl groups is 1. The Hall–Kier alpha value is -7.95. The molecule has 5 atom stereocenters. The number of nitrogens with zero attached hydrogens (tertiary/aromatic N) is 4. The van der Waals surface area contributed by atoms with E-state index < -0.39 is 89.2 Å². The standard InChI is InChI=1S/C58H73F4N9O10/c1-35(2)51(68-47(74)17-11-8-12-26-70-48(75)22-23-49(70)76)46(73)28-39(16-13-25-64-56(63)79)54(77)65-41-20-18-38(19-21-41)34-81-57(80)66-42(31-59)24-27-71(55(78)36(3)72)52(58(4,5)6)53-67-45(43-29-40(60)30-44(61)50(43)62)33-69(53)32-37-14-9-7-10-15-37/h7,9-10,14-15,18-23,29-30,33,35-36,39,42,51-52,72H,8,11-13,16-17,24-28,31-32,34H2,1-6H3,(H,65,77)(H,66,80)(H,68,74)(H3,63,64,79)/t36-,39+,42-,51-,52-/m0/s1. The number of carbonyl (C=O) groups excluding carboxylic acids is 8. The van der Waals surface area contributed by atoms with Gasteiger partial charge >= 0.3 is 12.1 Å². The molecule has 0 fully saturated rings. The molecular formula is C58H73F4N9O10. The monoisotopic (exact) mass is 1130 g/mol. The van der Waals surface area contributed by atoms with Crippen LogP contribution in [0.2, 0.25) is 0 Å². The molecule has 1 aliphatic heterocycles. The van der Waals surface area contributed by atoms with Crippen LogP contribution in [0.1, 0.15) is 116 Å². The maximum Gasteiger partial charge on any atom is 0.407 e. The van der Waals surface area contributed by atoms with Gasteiger partial charge in [-0.2, -0.15) is 0 Å². The Morgan fingerprint density at radius 1 is 0.852 bits per heavy atom. The summed E-state index contributed by atoms with van der Waals surface area (Å²) < 4.78 is 66.0. The lowest BCUT2D eigenvalue weighted by Crippen LogP contribution is -2.48. The SMILES string of the molecule is CC(C)[C@H](NC(=O)CCCCCN1C(=O)C=CC1=O)C(=O)C[C@@H](CCCNC(N)=O)C(=O)Nc1ccc(COC(=O)N[C@H](CF)CCN(C(=O)[C@H](C)O)[C@@H](c2nc(-c3cc(F)cc(F)c3F)cn2Cc2ccccc2)C(C)(C)C)cc1. The number of aromatic nitrogens is 2. The lowest BCUT2D eigenvalue weighted by atomic mass is 9.84. The molecule has 2 heterocycles. The quantitative estimate of drug-likeness (QED) is 0.0128. The molecule has 8 amide bonds. The normalized spacial score (nSPS) is 14.2. The first-order chi connectivity index (χ1) is 38.4. The van der Waals surface area contributed by atoms with E-state index >= 15 is 4.39 Å². The number of hydrogen-bond donors (Lipinski definition) is 6. The van der Waals surface area contributed by atoms with Gasteiger partial charge in [0.15, 0.2) is 17.4 Å². The number of alkyl carbamates (subject to hydrolysis) is 1. The van der Waals surface area contributed by atoms with Crippen molar-refractivity contribution in [3.63, 3.8) is 0 Å². The summed E-state index contributed by atoms with van der Waals surface area (Å²) in [6.45, 7) is 9.03. The highest BCUT2D eigenvalue weighted by atomic mass is 19.2. The molecule has 438 valence electrons. The molecule has 1 aromatic heterocycles. The van der Waals surface area contributed by atoms with Gasteiger partial charge in [-0.3, -0.25) is 33.7 Å². The van der Waals surface area contributed by atoms with Gasteiger partial charge in [0.05, 0.1) is 23.8 Å². The number of nitrogens with one attached hydrogen (secondary N) is 4. The minimum atomic E-state index is -1.56. The third-order valence-electron chi connectivity index (χ3n) is 13.5. The van der Waals surface area contributed by atoms with E-state index in [1.807, 2.05) is 12.1 Å². The number of amides is 8. The number of hydrogen-bond acceptors (Lipinski definition) is 11. The van der Waals surface area contributed by atoms with Crippen LogP contribution in [-0.4, -0.2) is 116 Å². The molecule has 81 heavy (non-hydrogen) atoms. The molecule has 23 heteroatoms. The number of ketones is 1. The Labute approximate surface area is 468 Å². The number of Topliss-reactive ketones (excluding diaryl/α,β-unsaturated/α-hetero) is 1. The van der Waals surface area contributed by atoms with E-state index in [0.717, 1.165) is 16.5 Å². The number of carbonyl (C=O) groups is 8. The van der Waals surface area contributed by atoms with Crippen LogP contribution in [0.25, 0.3) is 11.3 Å². The van der Waals surface area contributed by atoms with Crippen molar-refractivity contribution in [2.45, 2.75) is 130 Å². The van der Waals surface area contributed by atoms with E-state index in [1.54, 1.807) is 81.7 Å². The number of halogens is 4. The molecule has 0 saturated heterocycles. The lowest BCUT2D eigenvalue weighted by molar-refractivity contribution is -0.145. The van der Waals surface area contributed by atoms with Crippen LogP contribution in [0.3, 0.4) is 0 Å². The molecule has 3 aromatic carbocycles. The van der Waals surface area contributed by atoms with Crippen molar-refractivity contribution in [1.82, 2.24) is 35.3 Å². The van der Waals surface area contributed by atoms with Gasteiger partial charge in [0, 0.05) is 80.6 Å². The van der Waals surface area contributed by atoms with Crippen LogP contribution >= 0.6 is 0 Å². The number of anilines is 1. The van der Waals surface area contributed by atoms with Crippen molar-refractivity contribution in [1.29, 1.82) is 0 Å². The molecule has 7 N–H and O–H groups in total. The van der Waals surface area contributed by atoms with Crippen molar-refractivity contribution in [2.24, 2.45) is 23.0 Å². The van der Waals surface area contributed by atoms with Gasteiger partial charge in [0.1, 0.15) is 31.0 Å². The second-order valence-corrected chi connectivity index (χ2v) is 21.4. The molecule has 4 aromatic rings. The van der Waals surface area contributed by atoms with Crippen LogP contribution in [-0.2, 0) is 46.7 Å². The highest BCUT2D eigenvalue weighted by molar-refractivity contribution is 6.12. The second kappa shape index (κ2) is 30.0. The van der Waals surface area contributed by atoms with Gasteiger partial charge in [-0.25, -0.2) is 32.1 Å². The molecule has 1 aliphatic rings. The number of imide groups is 1. The van der Waals surface area contributed by atoms with Gasteiger partial charge in [0.2, 0.25) is 11.8 Å². The molecule has 19 nitrogen and oxygen atoms in total. The Balaban J connectivity index is 1.21. The number of alkyl halides is 1. The van der Waals surface area contributed by atoms with Gasteiger partial charge in [0.25, 0.3) is 17.7 Å². The average Bonchev–Trinajstić information content (AvgIpc) is 4.01. The van der Waals surface area contributed by atoms with E-state index in [4.69, 9.17) is 10.5 Å². The number of urea groups is 1. The Bertz CT molecular complexity index is 2860. The zero-order valence-corrected chi connectivity index (χ0v) is 46.4. The summed E-state index contributed by atoms with van der Waals surface area (Å²) >= 11 is 0. The molecule has 0 spiro atoms. The number of rotatable bonds is 30. The summed E-state index contributed by atoms with van der Waals surface area (Å²) in [6.07, 6.45) is 2.94. The maximum absolute atomic E-state index is 15.2. The lowest BCUT2D eigenvalue weighted by Gasteiger charge is -2.41. The zero-order valence-electron chi connectivity index (χ0n) is 46.4. The minimum Gasteiger partial charge on any atom is -0.445 e. The predicted molar refractivity (Wildman–Crippen MR) is 292 cm³/mol. The number of imidazole rings is 1. The van der Waals surface area contributed by atoms with Crippen molar-refractivity contribution in [3.05, 3.63) is 119 Å². The first kappa shape index (κ1) is 63.9. The number of benzene rings is 3. The van der Waals surface area contributed by atoms with Crippen LogP contribution in [0.15, 0.2) is 85.1 Å². The molecular weight excluding hydrogens is 1060 g/mol. The first-order valence-electron chi connectivity index (χ1n) is 26.9. The highest BCUT2D eigenvalue weighted by Crippen LogP contribution is 2.40. The fourth-order valence-electron chi connectivity index (χ4n) is 9.30. The molecule has 0 saturated carbocycles. The van der Waals surface area contributed by atoms with Crippen LogP contribution in [0.5, 0.6) is 0 Å². The van der Waals surface area contributed by atoms with Crippen LogP contribution in [0, 0.1) is 34.7 Å². The summed E-state index contributed by atoms with van der Waals surface area (Å²) in [5, 5.41) is 21.2. The maximum atomic E-state index is 15.2. The minimum absolute atomic E-state index is 0.0996. The molecule has 0 aliphatic carbocycles. The largest absolute Gasteiger partial charge is 0.445 e. The van der Waals surface area contributed by atoms with E-state index in [0.29, 0.717) is 43.0 Å². The van der Waals surface area contributed by atoms with E-state index in [9.17, 15) is 56.6 Å². The second-order valence-electron chi connectivity index (χ2n) is 21.4. The van der Waals surface area contributed by atoms with Crippen molar-refractivity contribution in [2.75, 3.05) is 31.6 Å². The Morgan fingerprint density at radius 2 is 1.53 bits per heavy atom. The van der Waals surface area contributed by atoms with Crippen LogP contribution < -0.4 is 27.0 Å². The zero-order chi connectivity index (χ0) is 59.6. The third-order valence-corrected chi connectivity index (χ3v) is 13.5. The molecule has 0 bridgehead atoms. The first-order valence-corrected chi connectivity index (χ1v) is 26.9. The summed E-state index contributed by atoms with van der Waals surface area (Å²) in [7, 11) is 0. The smallest absolute Gasteiger partial charge is 0.407 e. The third kappa shape index (κ3) is 19.1. The fourth-order valence-corrected chi connectivity index (χ4v) is 9.30. The number of unbranched alkanes of at least 4 members (excludes halogenated alkanes) is 2. The number of primary amides is 1. The predicted octanol–water partition coefficient (Wildman–Crippen LogP) is 7.56. The van der Waals surface area contributed by atoms with Crippen molar-refractivity contribution < 1.29 is 65.8 Å². The Morgan fingerprint density at radius 3 is 2.15 bits per heavy atom. The van der Waals surface area contributed by atoms with E-state index in [2.05, 4.69) is 26.3 Å². The topological polar surface area (TPSA) is 264 Å². The number of aliphatic hydroxyl groups excluding tert-OH is 1. The Kier molecular flexibility index (Phi) is 23.7. The van der Waals surface area contributed by atoms with Gasteiger partial charge in [-0.05, 0) is 79.7 Å². The molecule has 0 radical (unpaired) electrons. The highest BCUT2D eigenvalue weighted by Gasteiger charge is 2.40. The van der Waals surface area contributed by atoms with Crippen molar-refractivity contribution in [3.8, 4) is 11.3 Å². The number of ether oxygens (including phenoxy) is 1. The summed E-state index contributed by atoms with van der Waals surface area (Å²) in [5.41, 5.74) is 5.31. The average molecular weight is 1130 g/mol.